The van der Waals surface area contributed by atoms with Crippen LogP contribution in [0.5, 0.6) is 0 Å². The standard InChI is InChI=1S/C20H26F5NO3/c1-4-5-6-7-8-9-10-29-20(28)18(11(2)3)26-19(27)12-13(21)15(23)17(25)16(24)14(12)22/h11,18H,4-10H2,1-3H3,(H,26,27). The molecule has 1 aromatic carbocycles. The van der Waals surface area contributed by atoms with E-state index in [1.807, 2.05) is 5.32 Å². The van der Waals surface area contributed by atoms with E-state index in [9.17, 15) is 31.5 Å². The number of benzene rings is 1. The second-order valence-electron chi connectivity index (χ2n) is 7.08. The fourth-order valence-electron chi connectivity index (χ4n) is 2.66. The van der Waals surface area contributed by atoms with Crippen molar-refractivity contribution in [3.63, 3.8) is 0 Å². The van der Waals surface area contributed by atoms with Crippen molar-refractivity contribution in [1.29, 1.82) is 0 Å². The van der Waals surface area contributed by atoms with Crippen molar-refractivity contribution in [3.05, 3.63) is 34.6 Å². The van der Waals surface area contributed by atoms with Crippen molar-refractivity contribution in [2.75, 3.05) is 6.61 Å². The number of nitrogens with one attached hydrogen (secondary N) is 1. The molecular weight excluding hydrogens is 397 g/mol. The SMILES string of the molecule is CCCCCCCCOC(=O)C(NC(=O)c1c(F)c(F)c(F)c(F)c1F)C(C)C. The van der Waals surface area contributed by atoms with Crippen LogP contribution in [0.3, 0.4) is 0 Å². The van der Waals surface area contributed by atoms with Crippen LogP contribution in [-0.2, 0) is 9.53 Å². The number of rotatable bonds is 11. The van der Waals surface area contributed by atoms with E-state index < -0.39 is 58.5 Å². The minimum Gasteiger partial charge on any atom is -0.464 e. The third kappa shape index (κ3) is 6.68. The molecule has 1 N–H and O–H groups in total. The summed E-state index contributed by atoms with van der Waals surface area (Å²) >= 11 is 0. The summed E-state index contributed by atoms with van der Waals surface area (Å²) in [5, 5.41) is 2.01. The Kier molecular flexibility index (Phi) is 10.0. The molecule has 1 aromatic rings. The monoisotopic (exact) mass is 423 g/mol. The summed E-state index contributed by atoms with van der Waals surface area (Å²) in [6.45, 7) is 5.27. The number of hydrogen-bond donors (Lipinski definition) is 1. The molecule has 0 saturated carbocycles. The first-order valence-corrected chi connectivity index (χ1v) is 9.62. The van der Waals surface area contributed by atoms with Gasteiger partial charge in [0.15, 0.2) is 23.3 Å². The van der Waals surface area contributed by atoms with Gasteiger partial charge in [-0.3, -0.25) is 4.79 Å². The second kappa shape index (κ2) is 11.7. The van der Waals surface area contributed by atoms with E-state index in [2.05, 4.69) is 6.92 Å². The van der Waals surface area contributed by atoms with E-state index in [0.29, 0.717) is 6.42 Å². The normalized spacial score (nSPS) is 12.2. The lowest BCUT2D eigenvalue weighted by molar-refractivity contribution is -0.147. The Labute approximate surface area is 166 Å². The quantitative estimate of drug-likeness (QED) is 0.178. The molecule has 0 radical (unpaired) electrons. The molecule has 0 aliphatic carbocycles. The van der Waals surface area contributed by atoms with Crippen LogP contribution in [0.1, 0.15) is 69.7 Å². The molecule has 164 valence electrons. The molecule has 0 spiro atoms. The molecule has 9 heteroatoms. The van der Waals surface area contributed by atoms with Crippen molar-refractivity contribution in [3.8, 4) is 0 Å². The van der Waals surface area contributed by atoms with Crippen LogP contribution in [0, 0.1) is 35.0 Å². The smallest absolute Gasteiger partial charge is 0.328 e. The van der Waals surface area contributed by atoms with Gasteiger partial charge in [-0.1, -0.05) is 52.9 Å². The molecule has 0 bridgehead atoms. The topological polar surface area (TPSA) is 55.4 Å². The van der Waals surface area contributed by atoms with Crippen molar-refractivity contribution >= 4 is 11.9 Å². The predicted octanol–water partition coefficient (Wildman–Crippen LogP) is 5.04. The molecule has 0 fully saturated rings. The largest absolute Gasteiger partial charge is 0.464 e. The highest BCUT2D eigenvalue weighted by atomic mass is 19.2. The molecule has 0 aromatic heterocycles. The molecule has 1 rings (SSSR count). The second-order valence-corrected chi connectivity index (χ2v) is 7.08. The van der Waals surface area contributed by atoms with Crippen molar-refractivity contribution in [2.45, 2.75) is 65.3 Å². The van der Waals surface area contributed by atoms with Gasteiger partial charge in [-0.2, -0.15) is 0 Å². The number of unbranched alkanes of at least 4 members (excludes halogenated alkanes) is 5. The Bertz CT molecular complexity index is 696. The average molecular weight is 423 g/mol. The van der Waals surface area contributed by atoms with Gasteiger partial charge in [-0.25, -0.2) is 26.7 Å². The van der Waals surface area contributed by atoms with Crippen molar-refractivity contribution < 1.29 is 36.3 Å². The van der Waals surface area contributed by atoms with Crippen LogP contribution in [-0.4, -0.2) is 24.5 Å². The van der Waals surface area contributed by atoms with Gasteiger partial charge in [0.05, 0.1) is 6.61 Å². The maximum atomic E-state index is 13.8. The molecule has 0 heterocycles. The summed E-state index contributed by atoms with van der Waals surface area (Å²) in [6.07, 6.45) is 5.78. The first kappa shape index (κ1) is 24.8. The van der Waals surface area contributed by atoms with Gasteiger partial charge < -0.3 is 10.1 Å². The molecule has 0 aliphatic heterocycles. The Morgan fingerprint density at radius 1 is 0.828 bits per heavy atom. The van der Waals surface area contributed by atoms with E-state index in [1.165, 1.54) is 13.8 Å². The summed E-state index contributed by atoms with van der Waals surface area (Å²) in [7, 11) is 0. The Hall–Kier alpha value is -2.19. The van der Waals surface area contributed by atoms with Gasteiger partial charge in [0, 0.05) is 0 Å². The van der Waals surface area contributed by atoms with Gasteiger partial charge in [-0.05, 0) is 12.3 Å². The van der Waals surface area contributed by atoms with Crippen molar-refractivity contribution in [2.24, 2.45) is 5.92 Å². The Morgan fingerprint density at radius 3 is 1.83 bits per heavy atom. The maximum absolute atomic E-state index is 13.8. The van der Waals surface area contributed by atoms with Crippen LogP contribution in [0.2, 0.25) is 0 Å². The van der Waals surface area contributed by atoms with E-state index in [0.717, 1.165) is 32.1 Å². The highest BCUT2D eigenvalue weighted by Gasteiger charge is 2.33. The van der Waals surface area contributed by atoms with Gasteiger partial charge >= 0.3 is 5.97 Å². The van der Waals surface area contributed by atoms with Crippen molar-refractivity contribution in [1.82, 2.24) is 5.32 Å². The summed E-state index contributed by atoms with van der Waals surface area (Å²) in [4.78, 5) is 24.4. The van der Waals surface area contributed by atoms with E-state index in [-0.39, 0.29) is 6.61 Å². The summed E-state index contributed by atoms with van der Waals surface area (Å²) < 4.78 is 72.4. The first-order valence-electron chi connectivity index (χ1n) is 9.62. The Morgan fingerprint density at radius 2 is 1.31 bits per heavy atom. The average Bonchev–Trinajstić information content (AvgIpc) is 2.68. The van der Waals surface area contributed by atoms with Gasteiger partial charge in [0.2, 0.25) is 5.82 Å². The van der Waals surface area contributed by atoms with Gasteiger partial charge in [0.25, 0.3) is 5.91 Å². The molecule has 0 aliphatic rings. The molecule has 1 unspecified atom stereocenters. The predicted molar refractivity (Wildman–Crippen MR) is 96.7 cm³/mol. The molecule has 0 saturated heterocycles. The number of hydrogen-bond acceptors (Lipinski definition) is 3. The van der Waals surface area contributed by atoms with Gasteiger partial charge in [0.1, 0.15) is 11.6 Å². The summed E-state index contributed by atoms with van der Waals surface area (Å²) in [6, 6.07) is -1.31. The third-order valence-electron chi connectivity index (χ3n) is 4.39. The number of ether oxygens (including phenoxy) is 1. The van der Waals surface area contributed by atoms with Crippen LogP contribution < -0.4 is 5.32 Å². The number of amides is 1. The molecular formula is C20H26F5NO3. The fraction of sp³-hybridized carbons (Fsp3) is 0.600. The maximum Gasteiger partial charge on any atom is 0.328 e. The van der Waals surface area contributed by atoms with Crippen LogP contribution in [0.25, 0.3) is 0 Å². The highest BCUT2D eigenvalue weighted by Crippen LogP contribution is 2.23. The zero-order chi connectivity index (χ0) is 22.1. The fourth-order valence-corrected chi connectivity index (χ4v) is 2.66. The zero-order valence-corrected chi connectivity index (χ0v) is 16.7. The van der Waals surface area contributed by atoms with E-state index in [4.69, 9.17) is 4.74 Å². The lowest BCUT2D eigenvalue weighted by Crippen LogP contribution is -2.46. The minimum absolute atomic E-state index is 0.104. The summed E-state index contributed by atoms with van der Waals surface area (Å²) in [5.74, 6) is -14.3. The lowest BCUT2D eigenvalue weighted by atomic mass is 10.0. The third-order valence-corrected chi connectivity index (χ3v) is 4.39. The highest BCUT2D eigenvalue weighted by molar-refractivity contribution is 5.97. The number of carbonyl (C=O) groups is 2. The minimum atomic E-state index is -2.37. The Balaban J connectivity index is 2.77. The van der Waals surface area contributed by atoms with E-state index in [1.54, 1.807) is 0 Å². The molecule has 1 atom stereocenters. The number of halogens is 5. The van der Waals surface area contributed by atoms with E-state index >= 15 is 0 Å². The summed E-state index contributed by atoms with van der Waals surface area (Å²) in [5.41, 5.74) is -1.64. The molecule has 1 amide bonds. The van der Waals surface area contributed by atoms with Crippen LogP contribution in [0.4, 0.5) is 22.0 Å². The molecule has 4 nitrogen and oxygen atoms in total. The number of carbonyl (C=O) groups excluding carboxylic acids is 2. The number of esters is 1. The van der Waals surface area contributed by atoms with Crippen LogP contribution >= 0.6 is 0 Å². The molecule has 29 heavy (non-hydrogen) atoms. The van der Waals surface area contributed by atoms with Gasteiger partial charge in [-0.15, -0.1) is 0 Å². The van der Waals surface area contributed by atoms with Crippen LogP contribution in [0.15, 0.2) is 0 Å². The first-order chi connectivity index (χ1) is 13.6. The lowest BCUT2D eigenvalue weighted by Gasteiger charge is -2.21. The zero-order valence-electron chi connectivity index (χ0n) is 16.7.